The molecular formula is C35H45N3O4S. The van der Waals surface area contributed by atoms with Crippen molar-refractivity contribution in [2.75, 3.05) is 10.8 Å². The largest absolute Gasteiger partial charge is 0.352 e. The summed E-state index contributed by atoms with van der Waals surface area (Å²) < 4.78 is 29.4. The summed E-state index contributed by atoms with van der Waals surface area (Å²) in [4.78, 5) is 29.6. The van der Waals surface area contributed by atoms with Crippen LogP contribution in [0.5, 0.6) is 0 Å². The number of nitrogens with one attached hydrogen (secondary N) is 1. The van der Waals surface area contributed by atoms with Crippen LogP contribution in [-0.2, 0) is 26.2 Å². The van der Waals surface area contributed by atoms with Crippen LogP contribution in [0.1, 0.15) is 81.0 Å². The molecule has 2 amide bonds. The van der Waals surface area contributed by atoms with Crippen molar-refractivity contribution in [2.24, 2.45) is 0 Å². The van der Waals surface area contributed by atoms with Crippen LogP contribution in [0.2, 0.25) is 0 Å². The van der Waals surface area contributed by atoms with E-state index in [0.29, 0.717) is 12.1 Å². The Morgan fingerprint density at radius 3 is 2.14 bits per heavy atom. The molecule has 0 radical (unpaired) electrons. The van der Waals surface area contributed by atoms with Crippen molar-refractivity contribution >= 4 is 27.5 Å². The Balaban J connectivity index is 1.72. The molecule has 0 unspecified atom stereocenters. The summed E-state index contributed by atoms with van der Waals surface area (Å²) in [5.74, 6) is -0.352. The summed E-state index contributed by atoms with van der Waals surface area (Å²) in [7, 11) is -4.10. The summed E-state index contributed by atoms with van der Waals surface area (Å²) in [5.41, 5.74) is 4.33. The molecule has 8 heteroatoms. The molecule has 0 aliphatic heterocycles. The van der Waals surface area contributed by atoms with Gasteiger partial charge < -0.3 is 10.2 Å². The predicted octanol–water partition coefficient (Wildman–Crippen LogP) is 6.49. The molecule has 1 N–H and O–H groups in total. The molecule has 3 aromatic carbocycles. The zero-order valence-corrected chi connectivity index (χ0v) is 26.9. The van der Waals surface area contributed by atoms with Gasteiger partial charge in [0.15, 0.2) is 0 Å². The van der Waals surface area contributed by atoms with Crippen molar-refractivity contribution in [1.82, 2.24) is 10.2 Å². The van der Waals surface area contributed by atoms with E-state index < -0.39 is 28.5 Å². The first-order chi connectivity index (χ1) is 20.5. The maximum Gasteiger partial charge on any atom is 0.264 e. The molecular weight excluding hydrogens is 558 g/mol. The summed E-state index contributed by atoms with van der Waals surface area (Å²) in [6, 6.07) is 21.1. The molecule has 230 valence electrons. The predicted molar refractivity (Wildman–Crippen MR) is 172 cm³/mol. The van der Waals surface area contributed by atoms with Crippen molar-refractivity contribution < 1.29 is 18.0 Å². The number of anilines is 1. The van der Waals surface area contributed by atoms with Gasteiger partial charge in [0, 0.05) is 12.6 Å². The summed E-state index contributed by atoms with van der Waals surface area (Å²) in [5, 5.41) is 3.16. The molecule has 1 atom stereocenters. The highest BCUT2D eigenvalue weighted by atomic mass is 32.2. The fourth-order valence-corrected chi connectivity index (χ4v) is 7.10. The molecule has 0 saturated heterocycles. The number of nitrogens with zero attached hydrogens (tertiary/aromatic N) is 2. The van der Waals surface area contributed by atoms with Crippen LogP contribution in [-0.4, -0.2) is 43.8 Å². The fraction of sp³-hybridized carbons (Fsp3) is 0.429. The monoisotopic (exact) mass is 603 g/mol. The Bertz CT molecular complexity index is 1490. The van der Waals surface area contributed by atoms with Gasteiger partial charge in [0.05, 0.1) is 10.6 Å². The van der Waals surface area contributed by atoms with Gasteiger partial charge in [-0.3, -0.25) is 13.9 Å². The average molecular weight is 604 g/mol. The highest BCUT2D eigenvalue weighted by Crippen LogP contribution is 2.27. The Hall–Kier alpha value is -3.65. The molecule has 43 heavy (non-hydrogen) atoms. The first-order valence-corrected chi connectivity index (χ1v) is 16.8. The summed E-state index contributed by atoms with van der Waals surface area (Å²) in [6.07, 6.45) is 4.43. The Morgan fingerprint density at radius 1 is 0.907 bits per heavy atom. The van der Waals surface area contributed by atoms with Crippen LogP contribution in [0.25, 0.3) is 0 Å². The molecule has 0 bridgehead atoms. The maximum absolute atomic E-state index is 14.3. The quantitative estimate of drug-likeness (QED) is 0.257. The van der Waals surface area contributed by atoms with E-state index in [1.54, 1.807) is 41.3 Å². The van der Waals surface area contributed by atoms with Gasteiger partial charge in [0.1, 0.15) is 12.6 Å². The fourth-order valence-electron chi connectivity index (χ4n) is 5.69. The van der Waals surface area contributed by atoms with Gasteiger partial charge in [-0.2, -0.15) is 0 Å². The summed E-state index contributed by atoms with van der Waals surface area (Å²) >= 11 is 0. The van der Waals surface area contributed by atoms with Gasteiger partial charge in [-0.25, -0.2) is 8.42 Å². The zero-order valence-electron chi connectivity index (χ0n) is 26.0. The number of hydrogen-bond acceptors (Lipinski definition) is 4. The summed E-state index contributed by atoms with van der Waals surface area (Å²) in [6.45, 7) is 9.68. The minimum absolute atomic E-state index is 0.107. The van der Waals surface area contributed by atoms with Crippen LogP contribution < -0.4 is 9.62 Å². The van der Waals surface area contributed by atoms with E-state index in [2.05, 4.69) is 19.2 Å². The lowest BCUT2D eigenvalue weighted by Gasteiger charge is -2.34. The van der Waals surface area contributed by atoms with Crippen LogP contribution in [0.15, 0.2) is 77.7 Å². The zero-order chi connectivity index (χ0) is 31.1. The van der Waals surface area contributed by atoms with E-state index in [0.717, 1.165) is 47.9 Å². The second-order valence-corrected chi connectivity index (χ2v) is 13.9. The molecule has 1 aliphatic carbocycles. The third-order valence-electron chi connectivity index (χ3n) is 8.26. The van der Waals surface area contributed by atoms with Crippen molar-refractivity contribution in [2.45, 2.75) is 96.2 Å². The van der Waals surface area contributed by atoms with Gasteiger partial charge >= 0.3 is 0 Å². The third kappa shape index (κ3) is 8.05. The van der Waals surface area contributed by atoms with E-state index in [-0.39, 0.29) is 29.3 Å². The topological polar surface area (TPSA) is 86.8 Å². The number of sulfonamides is 1. The van der Waals surface area contributed by atoms with E-state index in [4.69, 9.17) is 0 Å². The number of benzene rings is 3. The van der Waals surface area contributed by atoms with E-state index in [1.165, 1.54) is 4.31 Å². The first kappa shape index (κ1) is 32.3. The highest BCUT2D eigenvalue weighted by molar-refractivity contribution is 7.92. The van der Waals surface area contributed by atoms with Crippen molar-refractivity contribution in [3.8, 4) is 0 Å². The van der Waals surface area contributed by atoms with Crippen LogP contribution in [0.3, 0.4) is 0 Å². The number of carbonyl (C=O) groups is 2. The Morgan fingerprint density at radius 2 is 1.56 bits per heavy atom. The van der Waals surface area contributed by atoms with Crippen molar-refractivity contribution in [3.05, 3.63) is 95.1 Å². The molecule has 1 saturated carbocycles. The molecule has 0 spiro atoms. The lowest BCUT2D eigenvalue weighted by atomic mass is 10.0. The van der Waals surface area contributed by atoms with Crippen molar-refractivity contribution in [1.29, 1.82) is 0 Å². The number of carbonyl (C=O) groups excluding carboxylic acids is 2. The van der Waals surface area contributed by atoms with Crippen LogP contribution in [0, 0.1) is 13.8 Å². The highest BCUT2D eigenvalue weighted by Gasteiger charge is 2.34. The minimum atomic E-state index is -4.10. The van der Waals surface area contributed by atoms with Gasteiger partial charge in [0.25, 0.3) is 10.0 Å². The van der Waals surface area contributed by atoms with Gasteiger partial charge in [-0.05, 0) is 74.4 Å². The van der Waals surface area contributed by atoms with Gasteiger partial charge in [-0.1, -0.05) is 93.3 Å². The first-order valence-electron chi connectivity index (χ1n) is 15.3. The van der Waals surface area contributed by atoms with Gasteiger partial charge in [-0.15, -0.1) is 0 Å². The van der Waals surface area contributed by atoms with E-state index in [9.17, 15) is 18.0 Å². The second kappa shape index (κ2) is 14.2. The number of rotatable bonds is 12. The maximum atomic E-state index is 14.3. The Labute approximate surface area is 257 Å². The lowest BCUT2D eigenvalue weighted by molar-refractivity contribution is -0.140. The van der Waals surface area contributed by atoms with Gasteiger partial charge in [0.2, 0.25) is 11.8 Å². The lowest BCUT2D eigenvalue weighted by Crippen LogP contribution is -2.53. The molecule has 1 fully saturated rings. The van der Waals surface area contributed by atoms with Crippen molar-refractivity contribution in [3.63, 3.8) is 0 Å². The normalized spacial score (nSPS) is 14.5. The number of amides is 2. The minimum Gasteiger partial charge on any atom is -0.352 e. The molecule has 7 nitrogen and oxygen atoms in total. The Kier molecular flexibility index (Phi) is 10.7. The smallest absolute Gasteiger partial charge is 0.264 e. The molecule has 1 aliphatic rings. The third-order valence-corrected chi connectivity index (χ3v) is 10.0. The van der Waals surface area contributed by atoms with Crippen LogP contribution in [0.4, 0.5) is 5.69 Å². The molecule has 0 aromatic heterocycles. The molecule has 4 rings (SSSR count). The van der Waals surface area contributed by atoms with Crippen LogP contribution >= 0.6 is 0 Å². The van der Waals surface area contributed by atoms with E-state index >= 15 is 0 Å². The molecule has 3 aromatic rings. The number of hydrogen-bond donors (Lipinski definition) is 1. The average Bonchev–Trinajstić information content (AvgIpc) is 3.49. The number of aryl methyl sites for hydroxylation is 2. The standard InChI is InChI=1S/C35H45N3O4S/c1-6-33(35(40)36-30-12-7-8-13-30)37(23-28-11-9-10-27(5)22-28)34(39)24-38(31-18-16-29(17-19-31)25(2)3)43(41,42)32-20-14-26(4)15-21-32/h9-11,14-22,25,30,33H,6-8,12-13,23-24H2,1-5H3,(H,36,40)/t33-/m1/s1. The second-order valence-electron chi connectivity index (χ2n) is 12.0. The molecule has 0 heterocycles. The van der Waals surface area contributed by atoms with E-state index in [1.807, 2.05) is 57.2 Å². The SMILES string of the molecule is CC[C@H](C(=O)NC1CCCC1)N(Cc1cccc(C)c1)C(=O)CN(c1ccc(C(C)C)cc1)S(=O)(=O)c1ccc(C)cc1.